The standard InChI is InChI=1S/C16H21ClFN3/c1-4-7-19-9-13-5-6-15(18)14(8-13)10-21-12(3)16(17)11(2)20-21/h5-6,8,19H,4,7,9-10H2,1-3H3. The van der Waals surface area contributed by atoms with E-state index in [1.807, 2.05) is 26.0 Å². The fourth-order valence-electron chi connectivity index (χ4n) is 2.26. The Bertz CT molecular complexity index is 622. The quantitative estimate of drug-likeness (QED) is 0.822. The minimum Gasteiger partial charge on any atom is -0.313 e. The van der Waals surface area contributed by atoms with E-state index in [4.69, 9.17) is 11.6 Å². The van der Waals surface area contributed by atoms with Gasteiger partial charge in [0.2, 0.25) is 0 Å². The maximum absolute atomic E-state index is 14.0. The highest BCUT2D eigenvalue weighted by molar-refractivity contribution is 6.31. The second kappa shape index (κ2) is 7.05. The van der Waals surface area contributed by atoms with Crippen LogP contribution in [0, 0.1) is 19.7 Å². The molecule has 0 aliphatic rings. The number of aryl methyl sites for hydroxylation is 1. The second-order valence-corrected chi connectivity index (χ2v) is 5.62. The molecule has 0 radical (unpaired) electrons. The first kappa shape index (κ1) is 16.0. The van der Waals surface area contributed by atoms with Crippen LogP contribution in [0.2, 0.25) is 5.02 Å². The Morgan fingerprint density at radius 2 is 2.10 bits per heavy atom. The summed E-state index contributed by atoms with van der Waals surface area (Å²) >= 11 is 6.13. The summed E-state index contributed by atoms with van der Waals surface area (Å²) in [4.78, 5) is 0. The fraction of sp³-hybridized carbons (Fsp3) is 0.438. The van der Waals surface area contributed by atoms with Crippen LogP contribution in [0.5, 0.6) is 0 Å². The molecular formula is C16H21ClFN3. The molecule has 0 saturated carbocycles. The second-order valence-electron chi connectivity index (χ2n) is 5.24. The highest BCUT2D eigenvalue weighted by Crippen LogP contribution is 2.21. The van der Waals surface area contributed by atoms with Gasteiger partial charge in [0.25, 0.3) is 0 Å². The van der Waals surface area contributed by atoms with E-state index in [0.717, 1.165) is 36.5 Å². The van der Waals surface area contributed by atoms with Crippen LogP contribution in [0.1, 0.15) is 35.9 Å². The minimum atomic E-state index is -0.210. The highest BCUT2D eigenvalue weighted by Gasteiger charge is 2.11. The Kier molecular flexibility index (Phi) is 5.37. The van der Waals surface area contributed by atoms with Gasteiger partial charge in [-0.15, -0.1) is 0 Å². The van der Waals surface area contributed by atoms with Crippen LogP contribution < -0.4 is 5.32 Å². The summed E-state index contributed by atoms with van der Waals surface area (Å²) < 4.78 is 15.7. The van der Waals surface area contributed by atoms with Crippen molar-refractivity contribution in [1.29, 1.82) is 0 Å². The lowest BCUT2D eigenvalue weighted by molar-refractivity contribution is 0.576. The van der Waals surface area contributed by atoms with Gasteiger partial charge in [-0.05, 0) is 44.5 Å². The van der Waals surface area contributed by atoms with Gasteiger partial charge in [-0.1, -0.05) is 24.6 Å². The summed E-state index contributed by atoms with van der Waals surface area (Å²) in [5.74, 6) is -0.210. The Morgan fingerprint density at radius 3 is 2.71 bits per heavy atom. The van der Waals surface area contributed by atoms with Crippen molar-refractivity contribution in [2.24, 2.45) is 0 Å². The molecule has 0 aliphatic heterocycles. The van der Waals surface area contributed by atoms with Gasteiger partial charge in [0.05, 0.1) is 23.0 Å². The van der Waals surface area contributed by atoms with E-state index in [2.05, 4.69) is 17.3 Å². The van der Waals surface area contributed by atoms with Gasteiger partial charge in [0, 0.05) is 12.1 Å². The molecule has 2 rings (SSSR count). The van der Waals surface area contributed by atoms with Crippen molar-refractivity contribution < 1.29 is 4.39 Å². The Labute approximate surface area is 130 Å². The molecule has 0 amide bonds. The molecule has 0 bridgehead atoms. The van der Waals surface area contributed by atoms with Crippen molar-refractivity contribution >= 4 is 11.6 Å². The lowest BCUT2D eigenvalue weighted by atomic mass is 10.1. The first-order valence-electron chi connectivity index (χ1n) is 7.20. The van der Waals surface area contributed by atoms with Crippen LogP contribution in [0.3, 0.4) is 0 Å². The Hall–Kier alpha value is -1.39. The number of hydrogen-bond acceptors (Lipinski definition) is 2. The number of halogens is 2. The summed E-state index contributed by atoms with van der Waals surface area (Å²) in [5, 5.41) is 8.32. The van der Waals surface area contributed by atoms with Gasteiger partial charge in [-0.25, -0.2) is 4.39 Å². The topological polar surface area (TPSA) is 29.9 Å². The fourth-order valence-corrected chi connectivity index (χ4v) is 2.39. The van der Waals surface area contributed by atoms with Crippen LogP contribution >= 0.6 is 11.6 Å². The Balaban J connectivity index is 2.18. The van der Waals surface area contributed by atoms with Gasteiger partial charge >= 0.3 is 0 Å². The molecule has 114 valence electrons. The van der Waals surface area contributed by atoms with E-state index >= 15 is 0 Å². The smallest absolute Gasteiger partial charge is 0.128 e. The predicted octanol–water partition coefficient (Wildman–Crippen LogP) is 3.84. The zero-order valence-corrected chi connectivity index (χ0v) is 13.5. The van der Waals surface area contributed by atoms with E-state index in [9.17, 15) is 4.39 Å². The van der Waals surface area contributed by atoms with Crippen molar-refractivity contribution in [1.82, 2.24) is 15.1 Å². The zero-order chi connectivity index (χ0) is 15.4. The number of hydrogen-bond donors (Lipinski definition) is 1. The van der Waals surface area contributed by atoms with Crippen molar-refractivity contribution in [2.75, 3.05) is 6.54 Å². The summed E-state index contributed by atoms with van der Waals surface area (Å²) in [6, 6.07) is 5.23. The number of nitrogens with one attached hydrogen (secondary N) is 1. The molecule has 21 heavy (non-hydrogen) atoms. The molecule has 1 aromatic heterocycles. The van der Waals surface area contributed by atoms with Crippen molar-refractivity contribution in [2.45, 2.75) is 40.3 Å². The molecule has 0 fully saturated rings. The SMILES string of the molecule is CCCNCc1ccc(F)c(Cn2nc(C)c(Cl)c2C)c1. The largest absolute Gasteiger partial charge is 0.313 e. The van der Waals surface area contributed by atoms with Gasteiger partial charge in [-0.2, -0.15) is 5.10 Å². The molecule has 0 spiro atoms. The van der Waals surface area contributed by atoms with E-state index in [0.29, 0.717) is 17.1 Å². The van der Waals surface area contributed by atoms with Crippen molar-refractivity contribution in [3.8, 4) is 0 Å². The average molecular weight is 310 g/mol. The summed E-state index contributed by atoms with van der Waals surface area (Å²) in [6.07, 6.45) is 1.08. The molecule has 2 aromatic rings. The van der Waals surface area contributed by atoms with E-state index in [-0.39, 0.29) is 5.82 Å². The molecule has 5 heteroatoms. The van der Waals surface area contributed by atoms with E-state index < -0.39 is 0 Å². The van der Waals surface area contributed by atoms with Crippen LogP contribution in [-0.2, 0) is 13.1 Å². The van der Waals surface area contributed by atoms with Gasteiger partial charge in [0.15, 0.2) is 0 Å². The van der Waals surface area contributed by atoms with Gasteiger partial charge in [-0.3, -0.25) is 4.68 Å². The molecule has 0 atom stereocenters. The third-order valence-corrected chi connectivity index (χ3v) is 4.03. The summed E-state index contributed by atoms with van der Waals surface area (Å²) in [5.41, 5.74) is 3.35. The van der Waals surface area contributed by atoms with Crippen molar-refractivity contribution in [3.63, 3.8) is 0 Å². The molecule has 1 aromatic carbocycles. The Morgan fingerprint density at radius 1 is 1.33 bits per heavy atom. The minimum absolute atomic E-state index is 0.210. The van der Waals surface area contributed by atoms with Crippen LogP contribution in [-0.4, -0.2) is 16.3 Å². The zero-order valence-electron chi connectivity index (χ0n) is 12.7. The van der Waals surface area contributed by atoms with E-state index in [1.54, 1.807) is 4.68 Å². The molecule has 0 unspecified atom stereocenters. The highest BCUT2D eigenvalue weighted by atomic mass is 35.5. The third-order valence-electron chi connectivity index (χ3n) is 3.48. The average Bonchev–Trinajstić information content (AvgIpc) is 2.70. The maximum atomic E-state index is 14.0. The predicted molar refractivity (Wildman–Crippen MR) is 84.2 cm³/mol. The first-order chi connectivity index (χ1) is 10.0. The lowest BCUT2D eigenvalue weighted by Crippen LogP contribution is -2.14. The number of benzene rings is 1. The molecule has 1 N–H and O–H groups in total. The first-order valence-corrected chi connectivity index (χ1v) is 7.58. The molecular weight excluding hydrogens is 289 g/mol. The number of aromatic nitrogens is 2. The van der Waals surface area contributed by atoms with Crippen LogP contribution in [0.4, 0.5) is 4.39 Å². The molecule has 3 nitrogen and oxygen atoms in total. The molecule has 0 aliphatic carbocycles. The van der Waals surface area contributed by atoms with E-state index in [1.165, 1.54) is 6.07 Å². The van der Waals surface area contributed by atoms with Gasteiger partial charge < -0.3 is 5.32 Å². The monoisotopic (exact) mass is 309 g/mol. The van der Waals surface area contributed by atoms with Crippen LogP contribution in [0.25, 0.3) is 0 Å². The number of rotatable bonds is 6. The summed E-state index contributed by atoms with van der Waals surface area (Å²) in [6.45, 7) is 7.97. The maximum Gasteiger partial charge on any atom is 0.128 e. The number of nitrogens with zero attached hydrogens (tertiary/aromatic N) is 2. The normalized spacial score (nSPS) is 11.1. The molecule has 0 saturated heterocycles. The molecule has 1 heterocycles. The van der Waals surface area contributed by atoms with Crippen LogP contribution in [0.15, 0.2) is 18.2 Å². The lowest BCUT2D eigenvalue weighted by Gasteiger charge is -2.09. The summed E-state index contributed by atoms with van der Waals surface area (Å²) in [7, 11) is 0. The van der Waals surface area contributed by atoms with Gasteiger partial charge in [0.1, 0.15) is 5.82 Å². The van der Waals surface area contributed by atoms with Crippen molar-refractivity contribution in [3.05, 3.63) is 51.6 Å². The third kappa shape index (κ3) is 3.83.